The Morgan fingerprint density at radius 3 is 2.66 bits per heavy atom. The Hall–Kier alpha value is -3.38. The van der Waals surface area contributed by atoms with Crippen LogP contribution < -0.4 is 15.6 Å². The normalized spacial score (nSPS) is 13.4. The first-order valence-corrected chi connectivity index (χ1v) is 9.78. The molecule has 0 saturated heterocycles. The van der Waals surface area contributed by atoms with Gasteiger partial charge in [0.05, 0.1) is 24.7 Å². The van der Waals surface area contributed by atoms with Crippen molar-refractivity contribution < 1.29 is 4.74 Å². The highest BCUT2D eigenvalue weighted by Gasteiger charge is 2.23. The second-order valence-corrected chi connectivity index (χ2v) is 7.26. The van der Waals surface area contributed by atoms with Crippen LogP contribution in [0.2, 0.25) is 0 Å². The fourth-order valence-electron chi connectivity index (χ4n) is 4.06. The van der Waals surface area contributed by atoms with Gasteiger partial charge in [0.1, 0.15) is 11.4 Å². The van der Waals surface area contributed by atoms with Gasteiger partial charge in [0, 0.05) is 24.1 Å². The number of ether oxygens (including phenoxy) is 1. The summed E-state index contributed by atoms with van der Waals surface area (Å²) in [5.74, 6) is 0.762. The van der Waals surface area contributed by atoms with Crippen LogP contribution in [-0.2, 0) is 19.4 Å². The van der Waals surface area contributed by atoms with Crippen molar-refractivity contribution in [1.82, 2.24) is 19.5 Å². The van der Waals surface area contributed by atoms with Crippen LogP contribution in [0.15, 0.2) is 65.6 Å². The Morgan fingerprint density at radius 1 is 1.10 bits per heavy atom. The molecular weight excluding hydrogens is 364 g/mol. The maximum absolute atomic E-state index is 13.5. The van der Waals surface area contributed by atoms with Crippen LogP contribution in [0.5, 0.6) is 5.75 Å². The predicted octanol–water partition coefficient (Wildman–Crippen LogP) is 2.73. The number of aromatic nitrogens is 3. The van der Waals surface area contributed by atoms with E-state index in [9.17, 15) is 4.79 Å². The van der Waals surface area contributed by atoms with E-state index in [1.54, 1.807) is 11.7 Å². The predicted molar refractivity (Wildman–Crippen MR) is 112 cm³/mol. The van der Waals surface area contributed by atoms with Gasteiger partial charge in [-0.05, 0) is 42.8 Å². The Morgan fingerprint density at radius 2 is 1.90 bits per heavy atom. The molecule has 4 aromatic rings. The topological polar surface area (TPSA) is 60.6 Å². The van der Waals surface area contributed by atoms with Crippen molar-refractivity contribution in [3.63, 3.8) is 0 Å². The summed E-state index contributed by atoms with van der Waals surface area (Å²) in [6.07, 6.45) is 3.30. The maximum Gasteiger partial charge on any atom is 0.261 e. The van der Waals surface area contributed by atoms with E-state index < -0.39 is 0 Å². The SMILES string of the molecule is COc1ccc(-n2c(=O)c3c(n4ncc(Cc5ccccc5)c24)CNCC3)cc1. The third-order valence-electron chi connectivity index (χ3n) is 5.51. The number of nitrogens with zero attached hydrogens (tertiary/aromatic N) is 3. The summed E-state index contributed by atoms with van der Waals surface area (Å²) in [6, 6.07) is 17.9. The van der Waals surface area contributed by atoms with E-state index in [0.29, 0.717) is 19.4 Å². The molecule has 1 N–H and O–H groups in total. The molecule has 1 aliphatic rings. The van der Waals surface area contributed by atoms with E-state index in [1.807, 2.05) is 53.2 Å². The van der Waals surface area contributed by atoms with Gasteiger partial charge in [0.2, 0.25) is 0 Å². The molecule has 0 saturated carbocycles. The number of benzene rings is 2. The molecule has 5 rings (SSSR count). The molecule has 146 valence electrons. The second kappa shape index (κ2) is 7.22. The summed E-state index contributed by atoms with van der Waals surface area (Å²) in [4.78, 5) is 13.5. The Bertz CT molecular complexity index is 1220. The van der Waals surface area contributed by atoms with Crippen LogP contribution in [0.4, 0.5) is 0 Å². The van der Waals surface area contributed by atoms with Crippen LogP contribution in [0.3, 0.4) is 0 Å². The monoisotopic (exact) mass is 386 g/mol. The third-order valence-corrected chi connectivity index (χ3v) is 5.51. The lowest BCUT2D eigenvalue weighted by atomic mass is 10.1. The highest BCUT2D eigenvalue weighted by atomic mass is 16.5. The summed E-state index contributed by atoms with van der Waals surface area (Å²) >= 11 is 0. The second-order valence-electron chi connectivity index (χ2n) is 7.26. The van der Waals surface area contributed by atoms with Crippen molar-refractivity contribution in [2.75, 3.05) is 13.7 Å². The van der Waals surface area contributed by atoms with E-state index in [4.69, 9.17) is 4.74 Å². The Balaban J connectivity index is 1.77. The van der Waals surface area contributed by atoms with E-state index in [2.05, 4.69) is 22.5 Å². The van der Waals surface area contributed by atoms with Crippen molar-refractivity contribution in [3.05, 3.63) is 93.5 Å². The van der Waals surface area contributed by atoms with E-state index in [1.165, 1.54) is 5.56 Å². The molecular formula is C23H22N4O2. The minimum atomic E-state index is 0.0361. The van der Waals surface area contributed by atoms with Gasteiger partial charge >= 0.3 is 0 Å². The zero-order valence-electron chi connectivity index (χ0n) is 16.3. The van der Waals surface area contributed by atoms with Gasteiger partial charge in [-0.1, -0.05) is 30.3 Å². The van der Waals surface area contributed by atoms with Gasteiger partial charge in [-0.15, -0.1) is 0 Å². The average molecular weight is 386 g/mol. The molecule has 6 nitrogen and oxygen atoms in total. The largest absolute Gasteiger partial charge is 0.497 e. The number of methoxy groups -OCH3 is 1. The van der Waals surface area contributed by atoms with E-state index in [0.717, 1.165) is 40.4 Å². The fraction of sp³-hybridized carbons (Fsp3) is 0.217. The van der Waals surface area contributed by atoms with E-state index >= 15 is 0 Å². The van der Waals surface area contributed by atoms with Crippen molar-refractivity contribution in [3.8, 4) is 11.4 Å². The Kier molecular flexibility index (Phi) is 4.41. The molecule has 2 aromatic carbocycles. The lowest BCUT2D eigenvalue weighted by molar-refractivity contribution is 0.414. The first-order valence-electron chi connectivity index (χ1n) is 9.78. The van der Waals surface area contributed by atoms with Gasteiger partial charge in [-0.2, -0.15) is 5.10 Å². The van der Waals surface area contributed by atoms with Crippen LogP contribution in [0.25, 0.3) is 11.3 Å². The van der Waals surface area contributed by atoms with Gasteiger partial charge in [-0.3, -0.25) is 9.36 Å². The quantitative estimate of drug-likeness (QED) is 0.586. The van der Waals surface area contributed by atoms with Crippen LogP contribution in [0.1, 0.15) is 22.4 Å². The zero-order chi connectivity index (χ0) is 19.8. The summed E-state index contributed by atoms with van der Waals surface area (Å²) in [5.41, 5.74) is 5.68. The van der Waals surface area contributed by atoms with Crippen LogP contribution in [-0.4, -0.2) is 27.8 Å². The highest BCUT2D eigenvalue weighted by Crippen LogP contribution is 2.23. The standard InChI is InChI=1S/C23H22N4O2/c1-29-19-9-7-18(8-10-19)26-22-17(13-16-5-3-2-4-6-16)14-25-27(22)21-15-24-12-11-20(21)23(26)28/h2-10,14,24H,11-13,15H2,1H3. The van der Waals surface area contributed by atoms with Crippen LogP contribution >= 0.6 is 0 Å². The van der Waals surface area contributed by atoms with Gasteiger partial charge < -0.3 is 10.1 Å². The minimum absolute atomic E-state index is 0.0361. The van der Waals surface area contributed by atoms with Gasteiger partial charge in [0.15, 0.2) is 0 Å². The lowest BCUT2D eigenvalue weighted by Crippen LogP contribution is -2.35. The summed E-state index contributed by atoms with van der Waals surface area (Å²) in [7, 11) is 1.64. The molecule has 3 heterocycles. The Labute approximate surface area is 168 Å². The lowest BCUT2D eigenvalue weighted by Gasteiger charge is -2.21. The molecule has 1 aliphatic heterocycles. The number of rotatable bonds is 4. The minimum Gasteiger partial charge on any atom is -0.497 e. The number of fused-ring (bicyclic) bond motifs is 3. The molecule has 0 amide bonds. The molecule has 0 bridgehead atoms. The molecule has 0 spiro atoms. The maximum atomic E-state index is 13.5. The molecule has 0 unspecified atom stereocenters. The molecule has 0 radical (unpaired) electrons. The first-order chi connectivity index (χ1) is 14.3. The summed E-state index contributed by atoms with van der Waals surface area (Å²) in [6.45, 7) is 1.45. The molecule has 0 atom stereocenters. The van der Waals surface area contributed by atoms with E-state index in [-0.39, 0.29) is 5.56 Å². The number of hydrogen-bond donors (Lipinski definition) is 1. The van der Waals surface area contributed by atoms with Crippen molar-refractivity contribution in [2.45, 2.75) is 19.4 Å². The first kappa shape index (κ1) is 17.7. The zero-order valence-corrected chi connectivity index (χ0v) is 16.3. The summed E-state index contributed by atoms with van der Waals surface area (Å²) < 4.78 is 9.02. The molecule has 2 aromatic heterocycles. The highest BCUT2D eigenvalue weighted by molar-refractivity contribution is 5.57. The van der Waals surface area contributed by atoms with Gasteiger partial charge in [-0.25, -0.2) is 4.52 Å². The van der Waals surface area contributed by atoms with Gasteiger partial charge in [0.25, 0.3) is 5.56 Å². The molecule has 0 aliphatic carbocycles. The number of hydrogen-bond acceptors (Lipinski definition) is 4. The third kappa shape index (κ3) is 3.02. The molecule has 0 fully saturated rings. The molecule has 6 heteroatoms. The molecule has 29 heavy (non-hydrogen) atoms. The average Bonchev–Trinajstić information content (AvgIpc) is 3.18. The van der Waals surface area contributed by atoms with Crippen molar-refractivity contribution in [2.24, 2.45) is 0 Å². The summed E-state index contributed by atoms with van der Waals surface area (Å²) in [5, 5.41) is 8.05. The van der Waals surface area contributed by atoms with Crippen LogP contribution in [0, 0.1) is 0 Å². The number of nitrogens with one attached hydrogen (secondary N) is 1. The van der Waals surface area contributed by atoms with Crippen molar-refractivity contribution >= 4 is 5.65 Å². The smallest absolute Gasteiger partial charge is 0.261 e. The van der Waals surface area contributed by atoms with Crippen molar-refractivity contribution in [1.29, 1.82) is 0 Å². The fourth-order valence-corrected chi connectivity index (χ4v) is 4.06.